The SMILES string of the molecule is COc1ccc(C(O)c2ccc(C(=O)O)o2)c(OC)c1. The van der Waals surface area contributed by atoms with Gasteiger partial charge in [0, 0.05) is 11.6 Å². The Morgan fingerprint density at radius 2 is 1.95 bits per heavy atom. The summed E-state index contributed by atoms with van der Waals surface area (Å²) < 4.78 is 15.3. The Labute approximate surface area is 115 Å². The fraction of sp³-hybridized carbons (Fsp3) is 0.214. The van der Waals surface area contributed by atoms with E-state index in [0.717, 1.165) is 0 Å². The maximum Gasteiger partial charge on any atom is 0.371 e. The Hall–Kier alpha value is -2.47. The summed E-state index contributed by atoms with van der Waals surface area (Å²) in [4.78, 5) is 10.8. The standard InChI is InChI=1S/C14H14O6/c1-18-8-3-4-9(12(7-8)19-2)13(15)10-5-6-11(20-10)14(16)17/h3-7,13,15H,1-2H3,(H,16,17). The van der Waals surface area contributed by atoms with Gasteiger partial charge in [0.25, 0.3) is 0 Å². The molecular formula is C14H14O6. The van der Waals surface area contributed by atoms with Gasteiger partial charge in [0.15, 0.2) is 0 Å². The smallest absolute Gasteiger partial charge is 0.371 e. The number of carboxylic acid groups (broad SMARTS) is 1. The lowest BCUT2D eigenvalue weighted by Gasteiger charge is -2.14. The number of carboxylic acids is 1. The lowest BCUT2D eigenvalue weighted by atomic mass is 10.1. The van der Waals surface area contributed by atoms with Crippen molar-refractivity contribution >= 4 is 5.97 Å². The molecule has 2 rings (SSSR count). The average molecular weight is 278 g/mol. The zero-order valence-corrected chi connectivity index (χ0v) is 11.0. The van der Waals surface area contributed by atoms with Gasteiger partial charge in [-0.3, -0.25) is 0 Å². The molecule has 0 amide bonds. The fourth-order valence-corrected chi connectivity index (χ4v) is 1.81. The monoisotopic (exact) mass is 278 g/mol. The van der Waals surface area contributed by atoms with Crippen molar-refractivity contribution in [2.45, 2.75) is 6.10 Å². The number of hydrogen-bond donors (Lipinski definition) is 2. The molecule has 0 aliphatic carbocycles. The summed E-state index contributed by atoms with van der Waals surface area (Å²) in [6.45, 7) is 0. The molecule has 0 radical (unpaired) electrons. The van der Waals surface area contributed by atoms with Gasteiger partial charge < -0.3 is 24.1 Å². The number of aliphatic hydroxyl groups is 1. The van der Waals surface area contributed by atoms with Gasteiger partial charge in [-0.25, -0.2) is 4.79 Å². The van der Waals surface area contributed by atoms with E-state index in [0.29, 0.717) is 17.1 Å². The number of hydrogen-bond acceptors (Lipinski definition) is 5. The van der Waals surface area contributed by atoms with Crippen LogP contribution in [-0.2, 0) is 0 Å². The van der Waals surface area contributed by atoms with E-state index in [1.165, 1.54) is 26.4 Å². The van der Waals surface area contributed by atoms with Crippen molar-refractivity contribution < 1.29 is 28.9 Å². The summed E-state index contributed by atoms with van der Waals surface area (Å²) in [6.07, 6.45) is -1.12. The summed E-state index contributed by atoms with van der Waals surface area (Å²) in [5.74, 6) is -0.281. The first-order chi connectivity index (χ1) is 9.56. The largest absolute Gasteiger partial charge is 0.497 e. The third-order valence-corrected chi connectivity index (χ3v) is 2.84. The molecular weight excluding hydrogens is 264 g/mol. The third kappa shape index (κ3) is 2.60. The quantitative estimate of drug-likeness (QED) is 0.870. The number of aromatic carboxylic acids is 1. The van der Waals surface area contributed by atoms with E-state index < -0.39 is 12.1 Å². The highest BCUT2D eigenvalue weighted by Crippen LogP contribution is 2.33. The Bertz CT molecular complexity index is 616. The first-order valence-electron chi connectivity index (χ1n) is 5.79. The highest BCUT2D eigenvalue weighted by Gasteiger charge is 2.21. The molecule has 2 N–H and O–H groups in total. The predicted octanol–water partition coefficient (Wildman–Crippen LogP) is 2.08. The summed E-state index contributed by atoms with van der Waals surface area (Å²) in [6, 6.07) is 7.63. The summed E-state index contributed by atoms with van der Waals surface area (Å²) >= 11 is 0. The Morgan fingerprint density at radius 3 is 2.50 bits per heavy atom. The van der Waals surface area contributed by atoms with Crippen molar-refractivity contribution in [1.29, 1.82) is 0 Å². The van der Waals surface area contributed by atoms with Crippen molar-refractivity contribution in [3.8, 4) is 11.5 Å². The van der Waals surface area contributed by atoms with Crippen LogP contribution in [0.2, 0.25) is 0 Å². The molecule has 1 aromatic carbocycles. The van der Waals surface area contributed by atoms with Crippen LogP contribution in [0.5, 0.6) is 11.5 Å². The molecule has 20 heavy (non-hydrogen) atoms. The first kappa shape index (κ1) is 14.0. The van der Waals surface area contributed by atoms with Gasteiger partial charge in [-0.2, -0.15) is 0 Å². The molecule has 2 aromatic rings. The van der Waals surface area contributed by atoms with Gasteiger partial charge in [-0.15, -0.1) is 0 Å². The van der Waals surface area contributed by atoms with Crippen LogP contribution in [0.1, 0.15) is 28.0 Å². The van der Waals surface area contributed by atoms with Crippen molar-refractivity contribution in [3.05, 3.63) is 47.4 Å². The van der Waals surface area contributed by atoms with Crippen molar-refractivity contribution in [3.63, 3.8) is 0 Å². The van der Waals surface area contributed by atoms with Crippen molar-refractivity contribution in [1.82, 2.24) is 0 Å². The number of methoxy groups -OCH3 is 2. The van der Waals surface area contributed by atoms with Crippen LogP contribution in [0, 0.1) is 0 Å². The highest BCUT2D eigenvalue weighted by molar-refractivity contribution is 5.84. The second kappa shape index (κ2) is 5.66. The van der Waals surface area contributed by atoms with Gasteiger partial charge in [0.05, 0.1) is 14.2 Å². The molecule has 1 atom stereocenters. The van der Waals surface area contributed by atoms with Crippen LogP contribution >= 0.6 is 0 Å². The van der Waals surface area contributed by atoms with Crippen molar-refractivity contribution in [2.24, 2.45) is 0 Å². The first-order valence-corrected chi connectivity index (χ1v) is 5.79. The van der Waals surface area contributed by atoms with E-state index in [1.54, 1.807) is 18.2 Å². The van der Waals surface area contributed by atoms with Crippen LogP contribution in [0.25, 0.3) is 0 Å². The zero-order chi connectivity index (χ0) is 14.7. The maximum absolute atomic E-state index is 10.8. The lowest BCUT2D eigenvalue weighted by molar-refractivity contribution is 0.0655. The summed E-state index contributed by atoms with van der Waals surface area (Å²) in [5, 5.41) is 19.1. The number of rotatable bonds is 5. The Kier molecular flexibility index (Phi) is 3.95. The third-order valence-electron chi connectivity index (χ3n) is 2.84. The zero-order valence-electron chi connectivity index (χ0n) is 11.0. The molecule has 1 aromatic heterocycles. The molecule has 0 spiro atoms. The van der Waals surface area contributed by atoms with Crippen LogP contribution in [0.3, 0.4) is 0 Å². The molecule has 6 heteroatoms. The van der Waals surface area contributed by atoms with Crippen LogP contribution < -0.4 is 9.47 Å². The van der Waals surface area contributed by atoms with E-state index in [1.807, 2.05) is 0 Å². The molecule has 0 aliphatic rings. The summed E-state index contributed by atoms with van der Waals surface area (Å²) in [7, 11) is 2.99. The molecule has 6 nitrogen and oxygen atoms in total. The van der Waals surface area contributed by atoms with Gasteiger partial charge in [0.1, 0.15) is 23.4 Å². The second-order valence-corrected chi connectivity index (χ2v) is 4.02. The maximum atomic E-state index is 10.8. The molecule has 0 aliphatic heterocycles. The number of aliphatic hydroxyl groups excluding tert-OH is 1. The van der Waals surface area contributed by atoms with E-state index >= 15 is 0 Å². The fourth-order valence-electron chi connectivity index (χ4n) is 1.81. The molecule has 0 bridgehead atoms. The van der Waals surface area contributed by atoms with Gasteiger partial charge >= 0.3 is 5.97 Å². The molecule has 0 fully saturated rings. The predicted molar refractivity (Wildman–Crippen MR) is 69.3 cm³/mol. The van der Waals surface area contributed by atoms with Crippen LogP contribution in [-0.4, -0.2) is 30.4 Å². The molecule has 1 heterocycles. The second-order valence-electron chi connectivity index (χ2n) is 4.02. The summed E-state index contributed by atoms with van der Waals surface area (Å²) in [5.41, 5.74) is 0.458. The molecule has 0 saturated heterocycles. The van der Waals surface area contributed by atoms with E-state index in [2.05, 4.69) is 0 Å². The minimum Gasteiger partial charge on any atom is -0.497 e. The van der Waals surface area contributed by atoms with E-state index in [-0.39, 0.29) is 11.5 Å². The van der Waals surface area contributed by atoms with Gasteiger partial charge in [-0.1, -0.05) is 0 Å². The van der Waals surface area contributed by atoms with Gasteiger partial charge in [-0.05, 0) is 24.3 Å². The number of ether oxygens (including phenoxy) is 2. The van der Waals surface area contributed by atoms with Crippen molar-refractivity contribution in [2.75, 3.05) is 14.2 Å². The highest BCUT2D eigenvalue weighted by atomic mass is 16.5. The normalized spacial score (nSPS) is 11.9. The lowest BCUT2D eigenvalue weighted by Crippen LogP contribution is -2.02. The van der Waals surface area contributed by atoms with Gasteiger partial charge in [0.2, 0.25) is 5.76 Å². The topological polar surface area (TPSA) is 89.1 Å². The number of benzene rings is 1. The number of carbonyl (C=O) groups is 1. The van der Waals surface area contributed by atoms with E-state index in [9.17, 15) is 9.90 Å². The molecule has 106 valence electrons. The Balaban J connectivity index is 2.36. The van der Waals surface area contributed by atoms with Crippen LogP contribution in [0.4, 0.5) is 0 Å². The number of furan rings is 1. The van der Waals surface area contributed by atoms with E-state index in [4.69, 9.17) is 19.0 Å². The Morgan fingerprint density at radius 1 is 1.20 bits per heavy atom. The van der Waals surface area contributed by atoms with Crippen LogP contribution in [0.15, 0.2) is 34.7 Å². The molecule has 0 saturated carbocycles. The minimum atomic E-state index is -1.19. The minimum absolute atomic E-state index is 0.130. The molecule has 1 unspecified atom stereocenters. The average Bonchev–Trinajstić information content (AvgIpc) is 2.95.